The smallest absolute Gasteiger partial charge is 0.314 e. The lowest BCUT2D eigenvalue weighted by atomic mass is 9.87. The molecule has 0 aromatic heterocycles. The number of urea groups is 1. The number of carboxylic acid groups (broad SMARTS) is 1. The first-order valence-corrected chi connectivity index (χ1v) is 7.35. The van der Waals surface area contributed by atoms with Crippen molar-refractivity contribution in [2.45, 2.75) is 45.6 Å². The van der Waals surface area contributed by atoms with Crippen molar-refractivity contribution in [3.8, 4) is 0 Å². The summed E-state index contributed by atoms with van der Waals surface area (Å²) in [7, 11) is 0. The number of aliphatic carboxylic acids is 1. The number of carbonyl (C=O) groups excluding carboxylic acids is 1. The molecule has 3 N–H and O–H groups in total. The van der Waals surface area contributed by atoms with Crippen molar-refractivity contribution in [2.24, 2.45) is 11.8 Å². The van der Waals surface area contributed by atoms with Crippen molar-refractivity contribution >= 4 is 12.0 Å². The number of amides is 2. The number of hydrogen-bond acceptors (Lipinski definition) is 3. The Morgan fingerprint density at radius 2 is 2.10 bits per heavy atom. The van der Waals surface area contributed by atoms with E-state index in [1.807, 2.05) is 0 Å². The summed E-state index contributed by atoms with van der Waals surface area (Å²) in [5, 5.41) is 14.0. The Morgan fingerprint density at radius 3 is 2.75 bits per heavy atom. The van der Waals surface area contributed by atoms with Crippen LogP contribution in [0.4, 0.5) is 4.79 Å². The van der Waals surface area contributed by atoms with E-state index in [0.29, 0.717) is 31.3 Å². The predicted molar refractivity (Wildman–Crippen MR) is 75.6 cm³/mol. The Balaban J connectivity index is 2.20. The number of carboxylic acids is 1. The van der Waals surface area contributed by atoms with Crippen LogP contribution in [0.5, 0.6) is 0 Å². The molecule has 2 amide bonds. The zero-order valence-electron chi connectivity index (χ0n) is 12.4. The number of rotatable bonds is 7. The van der Waals surface area contributed by atoms with Crippen molar-refractivity contribution in [3.63, 3.8) is 0 Å². The van der Waals surface area contributed by atoms with Gasteiger partial charge in [-0.25, -0.2) is 4.79 Å². The summed E-state index contributed by atoms with van der Waals surface area (Å²) < 4.78 is 5.77. The maximum Gasteiger partial charge on any atom is 0.314 e. The van der Waals surface area contributed by atoms with Gasteiger partial charge in [0.05, 0.1) is 6.10 Å². The molecule has 0 aromatic rings. The Morgan fingerprint density at radius 1 is 1.35 bits per heavy atom. The molecule has 116 valence electrons. The van der Waals surface area contributed by atoms with Crippen molar-refractivity contribution in [1.29, 1.82) is 0 Å². The zero-order valence-corrected chi connectivity index (χ0v) is 12.4. The van der Waals surface area contributed by atoms with Crippen LogP contribution in [0.1, 0.15) is 39.5 Å². The van der Waals surface area contributed by atoms with Crippen molar-refractivity contribution < 1.29 is 19.4 Å². The minimum atomic E-state index is -0.841. The van der Waals surface area contributed by atoms with Gasteiger partial charge in [-0.15, -0.1) is 0 Å². The zero-order chi connectivity index (χ0) is 15.0. The van der Waals surface area contributed by atoms with Crippen LogP contribution in [-0.2, 0) is 9.53 Å². The van der Waals surface area contributed by atoms with Crippen LogP contribution in [0, 0.1) is 11.8 Å². The Kier molecular flexibility index (Phi) is 7.36. The van der Waals surface area contributed by atoms with E-state index in [1.165, 1.54) is 0 Å². The fraction of sp³-hybridized carbons (Fsp3) is 0.857. The minimum Gasteiger partial charge on any atom is -0.481 e. The van der Waals surface area contributed by atoms with E-state index in [4.69, 9.17) is 9.84 Å². The van der Waals surface area contributed by atoms with Crippen LogP contribution in [-0.4, -0.2) is 42.9 Å². The molecule has 1 aliphatic heterocycles. The van der Waals surface area contributed by atoms with Crippen LogP contribution in [0.2, 0.25) is 0 Å². The third kappa shape index (κ3) is 6.23. The second-order valence-corrected chi connectivity index (χ2v) is 5.62. The van der Waals surface area contributed by atoms with Gasteiger partial charge in [-0.3, -0.25) is 4.79 Å². The molecule has 0 aromatic carbocycles. The summed E-state index contributed by atoms with van der Waals surface area (Å²) in [5.74, 6) is -0.0411. The molecule has 0 saturated carbocycles. The lowest BCUT2D eigenvalue weighted by Crippen LogP contribution is -2.44. The van der Waals surface area contributed by atoms with Crippen molar-refractivity contribution in [2.75, 3.05) is 19.7 Å². The van der Waals surface area contributed by atoms with Crippen LogP contribution in [0.25, 0.3) is 0 Å². The average molecular weight is 286 g/mol. The highest BCUT2D eigenvalue weighted by molar-refractivity contribution is 5.73. The van der Waals surface area contributed by atoms with Gasteiger partial charge in [0.2, 0.25) is 0 Å². The van der Waals surface area contributed by atoms with Crippen LogP contribution in [0.3, 0.4) is 0 Å². The van der Waals surface area contributed by atoms with E-state index >= 15 is 0 Å². The SMILES string of the molecule is CC(C)C1OCCCC1CNC(=O)NCCCC(=O)O. The van der Waals surface area contributed by atoms with E-state index < -0.39 is 5.97 Å². The Hall–Kier alpha value is -1.30. The molecule has 0 aliphatic carbocycles. The molecule has 1 saturated heterocycles. The van der Waals surface area contributed by atoms with Gasteiger partial charge < -0.3 is 20.5 Å². The summed E-state index contributed by atoms with van der Waals surface area (Å²) in [6.45, 7) is 6.06. The van der Waals surface area contributed by atoms with Crippen molar-refractivity contribution in [3.05, 3.63) is 0 Å². The monoisotopic (exact) mass is 286 g/mol. The molecule has 0 radical (unpaired) electrons. The minimum absolute atomic E-state index is 0.0756. The van der Waals surface area contributed by atoms with Gasteiger partial charge in [0.1, 0.15) is 0 Å². The maximum absolute atomic E-state index is 11.6. The first-order chi connectivity index (χ1) is 9.50. The molecule has 2 atom stereocenters. The van der Waals surface area contributed by atoms with Crippen molar-refractivity contribution in [1.82, 2.24) is 10.6 Å². The Labute approximate surface area is 120 Å². The molecule has 1 rings (SSSR count). The molecule has 20 heavy (non-hydrogen) atoms. The van der Waals surface area contributed by atoms with Gasteiger partial charge >= 0.3 is 12.0 Å². The van der Waals surface area contributed by atoms with E-state index in [-0.39, 0.29) is 18.6 Å². The summed E-state index contributed by atoms with van der Waals surface area (Å²) in [6.07, 6.45) is 2.84. The first kappa shape index (κ1) is 16.8. The second-order valence-electron chi connectivity index (χ2n) is 5.62. The number of ether oxygens (including phenoxy) is 1. The highest BCUT2D eigenvalue weighted by atomic mass is 16.5. The second kappa shape index (κ2) is 8.79. The molecule has 1 aliphatic rings. The van der Waals surface area contributed by atoms with Gasteiger partial charge in [0, 0.05) is 32.0 Å². The van der Waals surface area contributed by atoms with Gasteiger partial charge in [0.15, 0.2) is 0 Å². The highest BCUT2D eigenvalue weighted by Gasteiger charge is 2.28. The summed E-state index contributed by atoms with van der Waals surface area (Å²) in [5.41, 5.74) is 0. The lowest BCUT2D eigenvalue weighted by Gasteiger charge is -2.34. The fourth-order valence-corrected chi connectivity index (χ4v) is 2.55. The fourth-order valence-electron chi connectivity index (χ4n) is 2.55. The quantitative estimate of drug-likeness (QED) is 0.620. The van der Waals surface area contributed by atoms with Gasteiger partial charge in [0.25, 0.3) is 0 Å². The Bertz CT molecular complexity index is 320. The van der Waals surface area contributed by atoms with Gasteiger partial charge in [-0.1, -0.05) is 13.8 Å². The van der Waals surface area contributed by atoms with E-state index in [0.717, 1.165) is 19.4 Å². The molecule has 0 bridgehead atoms. The molecule has 1 fully saturated rings. The molecule has 1 heterocycles. The van der Waals surface area contributed by atoms with E-state index in [9.17, 15) is 9.59 Å². The number of nitrogens with one attached hydrogen (secondary N) is 2. The van der Waals surface area contributed by atoms with E-state index in [2.05, 4.69) is 24.5 Å². The highest BCUT2D eigenvalue weighted by Crippen LogP contribution is 2.25. The first-order valence-electron chi connectivity index (χ1n) is 7.35. The van der Waals surface area contributed by atoms with Crippen LogP contribution < -0.4 is 10.6 Å². The number of hydrogen-bond donors (Lipinski definition) is 3. The molecular formula is C14H26N2O4. The molecule has 0 spiro atoms. The number of carbonyl (C=O) groups is 2. The summed E-state index contributed by atoms with van der Waals surface area (Å²) in [6, 6.07) is -0.233. The predicted octanol–water partition coefficient (Wildman–Crippen LogP) is 1.60. The molecule has 2 unspecified atom stereocenters. The van der Waals surface area contributed by atoms with Gasteiger partial charge in [-0.2, -0.15) is 0 Å². The van der Waals surface area contributed by atoms with Gasteiger partial charge in [-0.05, 0) is 25.2 Å². The summed E-state index contributed by atoms with van der Waals surface area (Å²) in [4.78, 5) is 21.9. The molecule has 6 nitrogen and oxygen atoms in total. The third-order valence-corrected chi connectivity index (χ3v) is 3.53. The average Bonchev–Trinajstić information content (AvgIpc) is 2.41. The lowest BCUT2D eigenvalue weighted by molar-refractivity contribution is -0.137. The van der Waals surface area contributed by atoms with E-state index in [1.54, 1.807) is 0 Å². The summed E-state index contributed by atoms with van der Waals surface area (Å²) >= 11 is 0. The largest absolute Gasteiger partial charge is 0.481 e. The molecule has 6 heteroatoms. The standard InChI is InChI=1S/C14H26N2O4/c1-10(2)13-11(5-4-8-20-13)9-16-14(19)15-7-3-6-12(17)18/h10-11,13H,3-9H2,1-2H3,(H,17,18)(H2,15,16,19). The topological polar surface area (TPSA) is 87.7 Å². The maximum atomic E-state index is 11.6. The van der Waals surface area contributed by atoms with Crippen LogP contribution >= 0.6 is 0 Å². The van der Waals surface area contributed by atoms with Crippen LogP contribution in [0.15, 0.2) is 0 Å². The third-order valence-electron chi connectivity index (χ3n) is 3.53. The normalized spacial score (nSPS) is 22.6. The molecular weight excluding hydrogens is 260 g/mol.